The number of carbonyl (C=O) groups is 2. The van der Waals surface area contributed by atoms with E-state index in [9.17, 15) is 14.7 Å². The van der Waals surface area contributed by atoms with Crippen molar-refractivity contribution in [1.82, 2.24) is 0 Å². The molecule has 1 heterocycles. The monoisotopic (exact) mass is 322 g/mol. The van der Waals surface area contributed by atoms with Gasteiger partial charge in [-0.05, 0) is 32.1 Å². The molecule has 1 aliphatic rings. The highest BCUT2D eigenvalue weighted by molar-refractivity contribution is 6.19. The van der Waals surface area contributed by atoms with Crippen molar-refractivity contribution in [3.05, 3.63) is 24.0 Å². The number of ketones is 1. The molecule has 130 valence electrons. The van der Waals surface area contributed by atoms with Gasteiger partial charge < -0.3 is 9.84 Å². The van der Waals surface area contributed by atoms with E-state index in [4.69, 9.17) is 4.74 Å². The first-order valence-corrected chi connectivity index (χ1v) is 8.87. The van der Waals surface area contributed by atoms with E-state index in [0.29, 0.717) is 12.8 Å². The Balaban J connectivity index is 2.26. The fourth-order valence-corrected chi connectivity index (χ4v) is 2.84. The largest absolute Gasteiger partial charge is 0.511 e. The number of rotatable bonds is 11. The quantitative estimate of drug-likeness (QED) is 0.148. The molecule has 4 heteroatoms. The van der Waals surface area contributed by atoms with Crippen molar-refractivity contribution in [2.24, 2.45) is 0 Å². The molecule has 0 bridgehead atoms. The first-order chi connectivity index (χ1) is 11.1. The maximum atomic E-state index is 12.0. The van der Waals surface area contributed by atoms with Crippen LogP contribution in [0.3, 0.4) is 0 Å². The summed E-state index contributed by atoms with van der Waals surface area (Å²) in [5, 5.41) is 9.79. The van der Waals surface area contributed by atoms with Crippen molar-refractivity contribution in [2.75, 3.05) is 0 Å². The molecule has 0 saturated carbocycles. The van der Waals surface area contributed by atoms with Gasteiger partial charge in [0.15, 0.2) is 5.78 Å². The molecule has 0 aliphatic carbocycles. The second-order valence-corrected chi connectivity index (χ2v) is 6.21. The molecule has 0 amide bonds. The molecule has 0 aromatic heterocycles. The van der Waals surface area contributed by atoms with Crippen LogP contribution in [0.4, 0.5) is 0 Å². The standard InChI is InChI=1S/C19H30O4/c1-3-5-6-7-8-9-10-11-13-15-14-17(21)18(19(22)23-15)16(20)12-4-2/h3,15,20H,1,4-14H2,2H3/b18-16+/t15-/m1/s1. The number of hydrogen-bond donors (Lipinski definition) is 1. The fraction of sp³-hybridized carbons (Fsp3) is 0.684. The molecule has 1 atom stereocenters. The minimum atomic E-state index is -0.651. The average molecular weight is 322 g/mol. The Morgan fingerprint density at radius 3 is 2.48 bits per heavy atom. The van der Waals surface area contributed by atoms with E-state index in [1.807, 2.05) is 13.0 Å². The highest BCUT2D eigenvalue weighted by Crippen LogP contribution is 2.24. The van der Waals surface area contributed by atoms with Gasteiger partial charge >= 0.3 is 5.97 Å². The lowest BCUT2D eigenvalue weighted by Gasteiger charge is -2.23. The molecule has 1 saturated heterocycles. The van der Waals surface area contributed by atoms with Gasteiger partial charge in [-0.1, -0.05) is 38.7 Å². The van der Waals surface area contributed by atoms with Crippen LogP contribution < -0.4 is 0 Å². The normalized spacial score (nSPS) is 20.3. The number of esters is 1. The Labute approximate surface area is 139 Å². The Hall–Kier alpha value is -1.58. The predicted molar refractivity (Wildman–Crippen MR) is 91.2 cm³/mol. The lowest BCUT2D eigenvalue weighted by molar-refractivity contribution is -0.151. The van der Waals surface area contributed by atoms with Crippen LogP contribution in [0.25, 0.3) is 0 Å². The Kier molecular flexibility index (Phi) is 9.34. The zero-order chi connectivity index (χ0) is 17.1. The van der Waals surface area contributed by atoms with Crippen LogP contribution in [-0.2, 0) is 14.3 Å². The third-order valence-electron chi connectivity index (χ3n) is 4.13. The number of unbranched alkanes of at least 4 members (excludes halogenated alkanes) is 6. The minimum absolute atomic E-state index is 0.125. The summed E-state index contributed by atoms with van der Waals surface area (Å²) in [7, 11) is 0. The Morgan fingerprint density at radius 2 is 1.87 bits per heavy atom. The number of ether oxygens (including phenoxy) is 1. The maximum absolute atomic E-state index is 12.0. The van der Waals surface area contributed by atoms with Gasteiger partial charge in [0, 0.05) is 12.8 Å². The van der Waals surface area contributed by atoms with Crippen LogP contribution in [-0.4, -0.2) is 23.0 Å². The number of hydrogen-bond acceptors (Lipinski definition) is 4. The molecular weight excluding hydrogens is 292 g/mol. The van der Waals surface area contributed by atoms with Crippen molar-refractivity contribution in [3.8, 4) is 0 Å². The van der Waals surface area contributed by atoms with Crippen molar-refractivity contribution < 1.29 is 19.4 Å². The lowest BCUT2D eigenvalue weighted by atomic mass is 9.96. The number of carbonyl (C=O) groups excluding carboxylic acids is 2. The summed E-state index contributed by atoms with van der Waals surface area (Å²) in [5.74, 6) is -1.05. The van der Waals surface area contributed by atoms with Gasteiger partial charge in [0.1, 0.15) is 17.4 Å². The molecule has 1 fully saturated rings. The third-order valence-corrected chi connectivity index (χ3v) is 4.13. The first kappa shape index (κ1) is 19.5. The molecule has 0 unspecified atom stereocenters. The molecule has 1 aliphatic heterocycles. The molecule has 0 aromatic rings. The van der Waals surface area contributed by atoms with E-state index >= 15 is 0 Å². The summed E-state index contributed by atoms with van der Waals surface area (Å²) in [5.41, 5.74) is -0.134. The van der Waals surface area contributed by atoms with Crippen LogP contribution in [0.15, 0.2) is 24.0 Å². The SMILES string of the molecule is C=CCCCCCCCC[C@@H]1CC(=O)/C(=C(\O)CCC)C(=O)O1. The van der Waals surface area contributed by atoms with Crippen LogP contribution >= 0.6 is 0 Å². The van der Waals surface area contributed by atoms with Crippen molar-refractivity contribution in [3.63, 3.8) is 0 Å². The Bertz CT molecular complexity index is 417. The highest BCUT2D eigenvalue weighted by Gasteiger charge is 2.34. The smallest absolute Gasteiger partial charge is 0.345 e. The van der Waals surface area contributed by atoms with E-state index in [2.05, 4.69) is 6.58 Å². The van der Waals surface area contributed by atoms with Gasteiger partial charge in [0.25, 0.3) is 0 Å². The van der Waals surface area contributed by atoms with E-state index in [-0.39, 0.29) is 29.6 Å². The second kappa shape index (κ2) is 11.0. The van der Waals surface area contributed by atoms with E-state index in [1.54, 1.807) is 0 Å². The average Bonchev–Trinajstić information content (AvgIpc) is 2.49. The number of allylic oxidation sites excluding steroid dienone is 2. The molecule has 0 aromatic carbocycles. The summed E-state index contributed by atoms with van der Waals surface area (Å²) >= 11 is 0. The zero-order valence-electron chi connectivity index (χ0n) is 14.3. The first-order valence-electron chi connectivity index (χ1n) is 8.87. The van der Waals surface area contributed by atoms with E-state index in [1.165, 1.54) is 25.7 Å². The molecular formula is C19H30O4. The van der Waals surface area contributed by atoms with Crippen molar-refractivity contribution in [2.45, 2.75) is 83.7 Å². The van der Waals surface area contributed by atoms with Gasteiger partial charge in [0.2, 0.25) is 0 Å². The summed E-state index contributed by atoms with van der Waals surface area (Å²) in [6.45, 7) is 5.60. The highest BCUT2D eigenvalue weighted by atomic mass is 16.5. The Morgan fingerprint density at radius 1 is 1.22 bits per heavy atom. The molecule has 23 heavy (non-hydrogen) atoms. The van der Waals surface area contributed by atoms with Crippen LogP contribution in [0.5, 0.6) is 0 Å². The summed E-state index contributed by atoms with van der Waals surface area (Å²) in [6, 6.07) is 0. The molecule has 0 radical (unpaired) electrons. The van der Waals surface area contributed by atoms with Gasteiger partial charge in [-0.3, -0.25) is 4.79 Å². The van der Waals surface area contributed by atoms with Crippen molar-refractivity contribution in [1.29, 1.82) is 0 Å². The molecule has 1 N–H and O–H groups in total. The predicted octanol–water partition coefficient (Wildman–Crippen LogP) is 4.79. The van der Waals surface area contributed by atoms with E-state index in [0.717, 1.165) is 25.7 Å². The van der Waals surface area contributed by atoms with Gasteiger partial charge in [-0.15, -0.1) is 6.58 Å². The van der Waals surface area contributed by atoms with E-state index < -0.39 is 5.97 Å². The number of cyclic esters (lactones) is 1. The third kappa shape index (κ3) is 7.02. The summed E-state index contributed by atoms with van der Waals surface area (Å²) < 4.78 is 5.31. The van der Waals surface area contributed by atoms with Gasteiger partial charge in [0.05, 0.1) is 0 Å². The molecule has 4 nitrogen and oxygen atoms in total. The lowest BCUT2D eigenvalue weighted by Crippen LogP contribution is -2.33. The molecule has 0 spiro atoms. The minimum Gasteiger partial charge on any atom is -0.511 e. The maximum Gasteiger partial charge on any atom is 0.345 e. The number of aliphatic hydroxyl groups is 1. The number of Topliss-reactive ketones (excluding diaryl/α,β-unsaturated/α-hetero) is 1. The fourth-order valence-electron chi connectivity index (χ4n) is 2.84. The van der Waals surface area contributed by atoms with Crippen LogP contribution in [0.2, 0.25) is 0 Å². The second-order valence-electron chi connectivity index (χ2n) is 6.21. The van der Waals surface area contributed by atoms with Crippen LogP contribution in [0.1, 0.15) is 77.6 Å². The number of aliphatic hydroxyl groups excluding tert-OH is 1. The van der Waals surface area contributed by atoms with Crippen LogP contribution in [0, 0.1) is 0 Å². The van der Waals surface area contributed by atoms with Gasteiger partial charge in [-0.25, -0.2) is 4.79 Å². The summed E-state index contributed by atoms with van der Waals surface area (Å²) in [4.78, 5) is 23.9. The topological polar surface area (TPSA) is 63.6 Å². The van der Waals surface area contributed by atoms with Gasteiger partial charge in [-0.2, -0.15) is 0 Å². The molecule has 1 rings (SSSR count). The zero-order valence-corrected chi connectivity index (χ0v) is 14.3. The van der Waals surface area contributed by atoms with Crippen molar-refractivity contribution >= 4 is 11.8 Å². The summed E-state index contributed by atoms with van der Waals surface area (Å²) in [6.07, 6.45) is 11.6.